The second kappa shape index (κ2) is 9.80. The van der Waals surface area contributed by atoms with E-state index in [1.807, 2.05) is 6.21 Å². The summed E-state index contributed by atoms with van der Waals surface area (Å²) in [6.07, 6.45) is 9.94. The summed E-state index contributed by atoms with van der Waals surface area (Å²) < 4.78 is 0. The first kappa shape index (κ1) is 17.4. The van der Waals surface area contributed by atoms with E-state index in [-0.39, 0.29) is 0 Å². The van der Waals surface area contributed by atoms with Crippen molar-refractivity contribution >= 4 is 6.21 Å². The number of piperidine rings is 1. The lowest BCUT2D eigenvalue weighted by Gasteiger charge is -2.23. The van der Waals surface area contributed by atoms with Crippen LogP contribution in [0, 0.1) is 0 Å². The van der Waals surface area contributed by atoms with Crippen molar-refractivity contribution in [3.63, 3.8) is 0 Å². The van der Waals surface area contributed by atoms with Gasteiger partial charge in [-0.15, -0.1) is 0 Å². The van der Waals surface area contributed by atoms with Crippen molar-refractivity contribution in [3.05, 3.63) is 35.4 Å². The molecule has 0 atom stereocenters. The molecule has 0 aromatic heterocycles. The second-order valence-electron chi connectivity index (χ2n) is 7.08. The van der Waals surface area contributed by atoms with Gasteiger partial charge < -0.3 is 10.2 Å². The molecule has 24 heavy (non-hydrogen) atoms. The van der Waals surface area contributed by atoms with Gasteiger partial charge >= 0.3 is 0 Å². The number of rotatable bonds is 8. The molecule has 0 saturated carbocycles. The van der Waals surface area contributed by atoms with Crippen LogP contribution < -0.4 is 5.32 Å². The van der Waals surface area contributed by atoms with E-state index in [2.05, 4.69) is 44.6 Å². The van der Waals surface area contributed by atoms with Crippen LogP contribution in [-0.2, 0) is 6.54 Å². The van der Waals surface area contributed by atoms with Crippen molar-refractivity contribution in [1.29, 1.82) is 0 Å². The maximum Gasteiger partial charge on any atom is 0.0542 e. The van der Waals surface area contributed by atoms with Crippen molar-refractivity contribution in [2.24, 2.45) is 5.10 Å². The average molecular weight is 329 g/mol. The summed E-state index contributed by atoms with van der Waals surface area (Å²) in [5.74, 6) is 0. The van der Waals surface area contributed by atoms with Gasteiger partial charge in [0.25, 0.3) is 0 Å². The lowest BCUT2D eigenvalue weighted by molar-refractivity contribution is 0.240. The van der Waals surface area contributed by atoms with Crippen LogP contribution in [0.5, 0.6) is 0 Å². The van der Waals surface area contributed by atoms with Gasteiger partial charge in [-0.3, -0.25) is 5.01 Å². The Morgan fingerprint density at radius 3 is 2.38 bits per heavy atom. The molecule has 132 valence electrons. The molecule has 0 spiro atoms. The molecule has 4 heteroatoms. The number of benzene rings is 1. The maximum absolute atomic E-state index is 4.60. The summed E-state index contributed by atoms with van der Waals surface area (Å²) in [4.78, 5) is 2.58. The van der Waals surface area contributed by atoms with Crippen LogP contribution in [0.2, 0.25) is 0 Å². The summed E-state index contributed by atoms with van der Waals surface area (Å²) in [6.45, 7) is 8.14. The maximum atomic E-state index is 4.60. The molecule has 2 heterocycles. The third-order valence-electron chi connectivity index (χ3n) is 5.04. The molecule has 3 rings (SSSR count). The highest BCUT2D eigenvalue weighted by Crippen LogP contribution is 2.09. The third-order valence-corrected chi connectivity index (χ3v) is 5.04. The van der Waals surface area contributed by atoms with Gasteiger partial charge in [-0.25, -0.2) is 0 Å². The van der Waals surface area contributed by atoms with E-state index in [1.54, 1.807) is 0 Å². The SMILES string of the molecule is C(=NN1CCCCC1)c1ccc(CNCCCN2CCCC2)cc1. The lowest BCUT2D eigenvalue weighted by atomic mass is 10.1. The monoisotopic (exact) mass is 328 g/mol. The van der Waals surface area contributed by atoms with Gasteiger partial charge in [0.05, 0.1) is 6.21 Å². The van der Waals surface area contributed by atoms with Crippen LogP contribution in [0.1, 0.15) is 49.7 Å². The third kappa shape index (κ3) is 5.91. The van der Waals surface area contributed by atoms with Gasteiger partial charge in [0, 0.05) is 19.6 Å². The van der Waals surface area contributed by atoms with E-state index in [4.69, 9.17) is 0 Å². The van der Waals surface area contributed by atoms with Crippen LogP contribution in [0.25, 0.3) is 0 Å². The van der Waals surface area contributed by atoms with Crippen molar-refractivity contribution in [2.75, 3.05) is 39.3 Å². The quantitative estimate of drug-likeness (QED) is 0.588. The normalized spacial score (nSPS) is 19.4. The Hall–Kier alpha value is -1.39. The molecule has 2 fully saturated rings. The van der Waals surface area contributed by atoms with Gasteiger partial charge in [-0.1, -0.05) is 24.3 Å². The zero-order valence-corrected chi connectivity index (χ0v) is 14.9. The highest BCUT2D eigenvalue weighted by atomic mass is 15.4. The van der Waals surface area contributed by atoms with Crippen LogP contribution in [0.15, 0.2) is 29.4 Å². The molecular formula is C20H32N4. The summed E-state index contributed by atoms with van der Waals surface area (Å²) >= 11 is 0. The summed E-state index contributed by atoms with van der Waals surface area (Å²) in [5, 5.41) is 10.3. The van der Waals surface area contributed by atoms with Crippen LogP contribution in [0.3, 0.4) is 0 Å². The molecule has 0 bridgehead atoms. The lowest BCUT2D eigenvalue weighted by Crippen LogP contribution is -2.24. The Morgan fingerprint density at radius 1 is 0.917 bits per heavy atom. The number of hydrogen-bond donors (Lipinski definition) is 1. The van der Waals surface area contributed by atoms with Gasteiger partial charge in [0.2, 0.25) is 0 Å². The minimum Gasteiger partial charge on any atom is -0.313 e. The Bertz CT molecular complexity index is 485. The predicted molar refractivity (Wildman–Crippen MR) is 101 cm³/mol. The van der Waals surface area contributed by atoms with Crippen molar-refractivity contribution in [2.45, 2.75) is 45.1 Å². The Morgan fingerprint density at radius 2 is 1.62 bits per heavy atom. The molecule has 0 amide bonds. The number of nitrogens with zero attached hydrogens (tertiary/aromatic N) is 3. The Labute approximate surface area is 146 Å². The smallest absolute Gasteiger partial charge is 0.0542 e. The van der Waals surface area contributed by atoms with Gasteiger partial charge in [-0.2, -0.15) is 5.10 Å². The van der Waals surface area contributed by atoms with Gasteiger partial charge in [0.15, 0.2) is 0 Å². The largest absolute Gasteiger partial charge is 0.313 e. The molecule has 1 aromatic carbocycles. The molecule has 2 aliphatic rings. The van der Waals surface area contributed by atoms with E-state index >= 15 is 0 Å². The fourth-order valence-electron chi connectivity index (χ4n) is 3.53. The van der Waals surface area contributed by atoms with E-state index < -0.39 is 0 Å². The molecule has 4 nitrogen and oxygen atoms in total. The number of hydrogen-bond acceptors (Lipinski definition) is 4. The highest BCUT2D eigenvalue weighted by molar-refractivity contribution is 5.79. The average Bonchev–Trinajstić information content (AvgIpc) is 3.15. The molecular weight excluding hydrogens is 296 g/mol. The minimum atomic E-state index is 0.962. The van der Waals surface area contributed by atoms with Crippen molar-refractivity contribution in [1.82, 2.24) is 15.2 Å². The Balaban J connectivity index is 1.32. The number of likely N-dealkylation sites (tertiary alicyclic amines) is 1. The van der Waals surface area contributed by atoms with E-state index in [0.717, 1.165) is 26.2 Å². The first-order valence-corrected chi connectivity index (χ1v) is 9.71. The molecule has 1 aromatic rings. The Kier molecular flexibility index (Phi) is 7.12. The molecule has 2 aliphatic heterocycles. The van der Waals surface area contributed by atoms with Crippen molar-refractivity contribution in [3.8, 4) is 0 Å². The number of hydrazone groups is 1. The minimum absolute atomic E-state index is 0.962. The zero-order chi connectivity index (χ0) is 16.5. The van der Waals surface area contributed by atoms with Crippen LogP contribution >= 0.6 is 0 Å². The summed E-state index contributed by atoms with van der Waals surface area (Å²) in [5.41, 5.74) is 2.55. The standard InChI is InChI=1S/C20H32N4/c1-2-15-24(16-3-1)22-18-20-9-7-19(8-10-20)17-21-11-6-14-23-12-4-5-13-23/h7-10,18,21H,1-6,11-17H2. The van der Waals surface area contributed by atoms with E-state index in [9.17, 15) is 0 Å². The molecule has 1 N–H and O–H groups in total. The molecule has 0 unspecified atom stereocenters. The first-order valence-electron chi connectivity index (χ1n) is 9.71. The fraction of sp³-hybridized carbons (Fsp3) is 0.650. The first-order chi connectivity index (χ1) is 11.9. The van der Waals surface area contributed by atoms with Gasteiger partial charge in [0.1, 0.15) is 0 Å². The second-order valence-corrected chi connectivity index (χ2v) is 7.08. The number of nitrogens with one attached hydrogen (secondary N) is 1. The zero-order valence-electron chi connectivity index (χ0n) is 14.9. The molecule has 0 radical (unpaired) electrons. The van der Waals surface area contributed by atoms with Gasteiger partial charge in [-0.05, 0) is 75.8 Å². The van der Waals surface area contributed by atoms with Crippen LogP contribution in [0.4, 0.5) is 0 Å². The van der Waals surface area contributed by atoms with E-state index in [0.29, 0.717) is 0 Å². The van der Waals surface area contributed by atoms with Crippen LogP contribution in [-0.4, -0.2) is 55.4 Å². The topological polar surface area (TPSA) is 30.9 Å². The molecule has 0 aliphatic carbocycles. The predicted octanol–water partition coefficient (Wildman–Crippen LogP) is 3.08. The van der Waals surface area contributed by atoms with E-state index in [1.165, 1.54) is 69.3 Å². The summed E-state index contributed by atoms with van der Waals surface area (Å²) in [6, 6.07) is 8.78. The summed E-state index contributed by atoms with van der Waals surface area (Å²) in [7, 11) is 0. The fourth-order valence-corrected chi connectivity index (χ4v) is 3.53. The molecule has 2 saturated heterocycles. The highest BCUT2D eigenvalue weighted by Gasteiger charge is 2.10. The van der Waals surface area contributed by atoms with Crippen molar-refractivity contribution < 1.29 is 0 Å².